The molecule has 0 radical (unpaired) electrons. The lowest BCUT2D eigenvalue weighted by atomic mass is 9.76. The van der Waals surface area contributed by atoms with Crippen LogP contribution in [0, 0.1) is 0 Å². The van der Waals surface area contributed by atoms with Crippen molar-refractivity contribution in [1.82, 2.24) is 5.32 Å². The van der Waals surface area contributed by atoms with Crippen LogP contribution < -0.4 is 14.8 Å². The Morgan fingerprint density at radius 3 is 1.74 bits per heavy atom. The first-order chi connectivity index (χ1) is 22.7. The van der Waals surface area contributed by atoms with Crippen LogP contribution in [0.15, 0.2) is 54.6 Å². The summed E-state index contributed by atoms with van der Waals surface area (Å²) in [7, 11) is 1.73. The number of carbonyl (C=O) groups excluding carboxylic acids is 1. The molecule has 4 heteroatoms. The molecule has 46 heavy (non-hydrogen) atoms. The molecule has 2 fully saturated rings. The summed E-state index contributed by atoms with van der Waals surface area (Å²) >= 11 is 0. The number of amides is 1. The summed E-state index contributed by atoms with van der Waals surface area (Å²) in [6, 6.07) is 19.6. The van der Waals surface area contributed by atoms with Gasteiger partial charge in [-0.2, -0.15) is 0 Å². The largest absolute Gasteiger partial charge is 0.496 e. The fourth-order valence-corrected chi connectivity index (χ4v) is 7.56. The highest BCUT2D eigenvalue weighted by Gasteiger charge is 2.33. The smallest absolute Gasteiger partial charge is 0.251 e. The Hall–Kier alpha value is -3.27. The number of unbranched alkanes of at least 4 members (excludes halogenated alkanes) is 10. The first kappa shape index (κ1) is 32.7. The van der Waals surface area contributed by atoms with Gasteiger partial charge in [0.1, 0.15) is 17.2 Å². The van der Waals surface area contributed by atoms with Crippen molar-refractivity contribution in [2.45, 2.75) is 134 Å². The zero-order valence-corrected chi connectivity index (χ0v) is 28.4. The topological polar surface area (TPSA) is 47.6 Å². The molecule has 1 amide bonds. The molecule has 2 aliphatic carbocycles. The molecular weight excluding hydrogens is 566 g/mol. The highest BCUT2D eigenvalue weighted by Crippen LogP contribution is 2.52. The van der Waals surface area contributed by atoms with E-state index in [1.54, 1.807) is 7.11 Å². The Kier molecular flexibility index (Phi) is 11.4. The summed E-state index contributed by atoms with van der Waals surface area (Å²) in [5.74, 6) is 3.89. The van der Waals surface area contributed by atoms with Crippen LogP contribution in [-0.2, 0) is 0 Å². The molecule has 3 aliphatic rings. The molecule has 0 atom stereocenters. The predicted molar refractivity (Wildman–Crippen MR) is 189 cm³/mol. The first-order valence-corrected chi connectivity index (χ1v) is 18.6. The Bertz CT molecular complexity index is 1390. The van der Waals surface area contributed by atoms with E-state index in [4.69, 9.17) is 9.47 Å². The molecule has 0 saturated heterocycles. The molecule has 1 N–H and O–H groups in total. The monoisotopic (exact) mass is 621 g/mol. The van der Waals surface area contributed by atoms with Gasteiger partial charge in [-0.15, -0.1) is 0 Å². The van der Waals surface area contributed by atoms with Gasteiger partial charge in [-0.05, 0) is 85.4 Å². The van der Waals surface area contributed by atoms with Gasteiger partial charge in [-0.3, -0.25) is 4.79 Å². The Morgan fingerprint density at radius 1 is 0.696 bits per heavy atom. The van der Waals surface area contributed by atoms with Crippen molar-refractivity contribution < 1.29 is 14.3 Å². The number of hydrogen-bond acceptors (Lipinski definition) is 3. The number of hydrogen-bond donors (Lipinski definition) is 1. The Labute approximate surface area is 277 Å². The van der Waals surface area contributed by atoms with Gasteiger partial charge >= 0.3 is 0 Å². The van der Waals surface area contributed by atoms with Gasteiger partial charge in [0.2, 0.25) is 0 Å². The van der Waals surface area contributed by atoms with E-state index in [-0.39, 0.29) is 11.8 Å². The van der Waals surface area contributed by atoms with Crippen molar-refractivity contribution in [3.05, 3.63) is 88.0 Å². The summed E-state index contributed by atoms with van der Waals surface area (Å²) in [6.07, 6.45) is 22.0. The molecule has 6 rings (SSSR count). The summed E-state index contributed by atoms with van der Waals surface area (Å²) in [5.41, 5.74) is 6.75. The molecule has 3 aromatic carbocycles. The maximum Gasteiger partial charge on any atom is 0.251 e. The van der Waals surface area contributed by atoms with Crippen LogP contribution in [0.25, 0.3) is 0 Å². The summed E-state index contributed by atoms with van der Waals surface area (Å²) < 4.78 is 12.7. The van der Waals surface area contributed by atoms with E-state index in [9.17, 15) is 4.79 Å². The van der Waals surface area contributed by atoms with E-state index in [0.717, 1.165) is 40.4 Å². The van der Waals surface area contributed by atoms with Crippen LogP contribution >= 0.6 is 0 Å². The van der Waals surface area contributed by atoms with E-state index >= 15 is 0 Å². The second-order valence-electron chi connectivity index (χ2n) is 14.1. The molecule has 0 unspecified atom stereocenters. The maximum absolute atomic E-state index is 13.4. The van der Waals surface area contributed by atoms with Gasteiger partial charge in [0.15, 0.2) is 0 Å². The summed E-state index contributed by atoms with van der Waals surface area (Å²) in [5, 5.41) is 3.20. The lowest BCUT2D eigenvalue weighted by Crippen LogP contribution is -2.25. The average molecular weight is 622 g/mol. The van der Waals surface area contributed by atoms with Crippen LogP contribution in [0.5, 0.6) is 17.2 Å². The van der Waals surface area contributed by atoms with Crippen LogP contribution in [0.1, 0.15) is 172 Å². The lowest BCUT2D eigenvalue weighted by Gasteiger charge is -2.33. The fraction of sp³-hybridized carbons (Fsp3) is 0.548. The number of carbonyl (C=O) groups is 1. The molecule has 1 aliphatic heterocycles. The SMILES string of the molecule is CCCCCCCCCCCCCNC(=O)c1ccc(OC)c(C2c3ccc(C4CCC4)cc3Oc3cc(C4CCC4)ccc32)c1. The highest BCUT2D eigenvalue weighted by molar-refractivity contribution is 5.94. The molecule has 0 spiro atoms. The number of rotatable bonds is 17. The third kappa shape index (κ3) is 7.64. The van der Waals surface area contributed by atoms with E-state index < -0.39 is 0 Å². The van der Waals surface area contributed by atoms with Crippen molar-refractivity contribution in [3.63, 3.8) is 0 Å². The van der Waals surface area contributed by atoms with Crippen LogP contribution in [0.4, 0.5) is 0 Å². The standard InChI is InChI=1S/C42H55NO3/c1-3-4-5-6-7-8-9-10-11-12-13-26-43-42(44)34-22-25-38(45-2)37(27-34)41-35-23-20-32(30-16-14-17-30)28-39(35)46-40-29-33(21-24-36(40)41)31-18-15-19-31/h20-25,27-31,41H,3-19,26H2,1-2H3,(H,43,44). The molecule has 4 nitrogen and oxygen atoms in total. The van der Waals surface area contributed by atoms with Gasteiger partial charge in [0.25, 0.3) is 5.91 Å². The molecule has 2 saturated carbocycles. The quantitative estimate of drug-likeness (QED) is 0.119. The van der Waals surface area contributed by atoms with E-state index in [1.807, 2.05) is 12.1 Å². The van der Waals surface area contributed by atoms with Gasteiger partial charge in [0, 0.05) is 34.7 Å². The maximum atomic E-state index is 13.4. The molecular formula is C42H55NO3. The van der Waals surface area contributed by atoms with E-state index in [2.05, 4.69) is 54.7 Å². The second-order valence-corrected chi connectivity index (χ2v) is 14.1. The van der Waals surface area contributed by atoms with Crippen LogP contribution in [0.3, 0.4) is 0 Å². The number of nitrogens with one attached hydrogen (secondary N) is 1. The van der Waals surface area contributed by atoms with Crippen molar-refractivity contribution in [2.75, 3.05) is 13.7 Å². The molecule has 246 valence electrons. The first-order valence-electron chi connectivity index (χ1n) is 18.6. The second kappa shape index (κ2) is 16.0. The number of methoxy groups -OCH3 is 1. The number of benzene rings is 3. The van der Waals surface area contributed by atoms with Gasteiger partial charge in [0.05, 0.1) is 7.11 Å². The Balaban J connectivity index is 1.14. The molecule has 3 aromatic rings. The summed E-state index contributed by atoms with van der Waals surface area (Å²) in [4.78, 5) is 13.4. The molecule has 1 heterocycles. The van der Waals surface area contributed by atoms with E-state index in [0.29, 0.717) is 23.9 Å². The molecule has 0 aromatic heterocycles. The van der Waals surface area contributed by atoms with Crippen molar-refractivity contribution in [2.24, 2.45) is 0 Å². The van der Waals surface area contributed by atoms with Gasteiger partial charge in [-0.25, -0.2) is 0 Å². The minimum Gasteiger partial charge on any atom is -0.496 e. The number of fused-ring (bicyclic) bond motifs is 2. The van der Waals surface area contributed by atoms with Crippen LogP contribution in [-0.4, -0.2) is 19.6 Å². The minimum absolute atomic E-state index is 0.0100. The zero-order chi connectivity index (χ0) is 31.7. The molecule has 0 bridgehead atoms. The third-order valence-electron chi connectivity index (χ3n) is 10.9. The van der Waals surface area contributed by atoms with Crippen molar-refractivity contribution in [3.8, 4) is 17.2 Å². The van der Waals surface area contributed by atoms with E-state index in [1.165, 1.54) is 114 Å². The number of ether oxygens (including phenoxy) is 2. The Morgan fingerprint density at radius 2 is 1.24 bits per heavy atom. The van der Waals surface area contributed by atoms with Crippen molar-refractivity contribution in [1.29, 1.82) is 0 Å². The van der Waals surface area contributed by atoms with Crippen molar-refractivity contribution >= 4 is 5.91 Å². The highest BCUT2D eigenvalue weighted by atomic mass is 16.5. The summed E-state index contributed by atoms with van der Waals surface area (Å²) in [6.45, 7) is 2.99. The lowest BCUT2D eigenvalue weighted by molar-refractivity contribution is 0.0952. The average Bonchev–Trinajstić information content (AvgIpc) is 3.02. The minimum atomic E-state index is -0.0704. The fourth-order valence-electron chi connectivity index (χ4n) is 7.56. The van der Waals surface area contributed by atoms with Gasteiger partial charge < -0.3 is 14.8 Å². The normalized spacial score (nSPS) is 16.1. The zero-order valence-electron chi connectivity index (χ0n) is 28.4. The van der Waals surface area contributed by atoms with Gasteiger partial charge in [-0.1, -0.05) is 108 Å². The van der Waals surface area contributed by atoms with Crippen LogP contribution in [0.2, 0.25) is 0 Å². The predicted octanol–water partition coefficient (Wildman–Crippen LogP) is 11.6. The third-order valence-corrected chi connectivity index (χ3v) is 10.9.